The third-order valence-corrected chi connectivity index (χ3v) is 6.01. The molecule has 1 aliphatic rings. The van der Waals surface area contributed by atoms with Gasteiger partial charge in [0, 0.05) is 31.7 Å². The molecule has 198 valence electrons. The molecule has 1 amide bonds. The molecule has 2 aromatic carbocycles. The number of alkyl halides is 3. The molecule has 0 aliphatic carbocycles. The summed E-state index contributed by atoms with van der Waals surface area (Å²) in [6.07, 6.45) is -1.31. The summed E-state index contributed by atoms with van der Waals surface area (Å²) in [4.78, 5) is 19.9. The number of hydrogen-bond donors (Lipinski definition) is 3. The fourth-order valence-electron chi connectivity index (χ4n) is 4.15. The van der Waals surface area contributed by atoms with Crippen molar-refractivity contribution in [3.8, 4) is 17.0 Å². The van der Waals surface area contributed by atoms with Gasteiger partial charge in [0.25, 0.3) is 5.91 Å². The molecular weight excluding hydrogens is 495 g/mol. The topological polar surface area (TPSA) is 94.1 Å². The average molecular weight is 524 g/mol. The Bertz CT molecular complexity index is 1440. The van der Waals surface area contributed by atoms with Crippen LogP contribution in [0.2, 0.25) is 0 Å². The fraction of sp³-hybridized carbons (Fsp3) is 0.250. The first-order chi connectivity index (χ1) is 18.3. The molecule has 2 aromatic heterocycles. The maximum Gasteiger partial charge on any atom is 0.416 e. The lowest BCUT2D eigenvalue weighted by atomic mass is 10.0. The van der Waals surface area contributed by atoms with E-state index >= 15 is 0 Å². The van der Waals surface area contributed by atoms with Gasteiger partial charge in [0.2, 0.25) is 0 Å². The van der Waals surface area contributed by atoms with Crippen molar-refractivity contribution in [2.24, 2.45) is 0 Å². The van der Waals surface area contributed by atoms with Crippen molar-refractivity contribution in [2.45, 2.75) is 20.0 Å². The number of H-pyrrole nitrogens is 1. The van der Waals surface area contributed by atoms with Gasteiger partial charge in [0.1, 0.15) is 5.75 Å². The number of rotatable bonds is 4. The highest BCUT2D eigenvalue weighted by Gasteiger charge is 2.30. The molecule has 0 saturated carbocycles. The van der Waals surface area contributed by atoms with Crippen LogP contribution in [0.1, 0.15) is 41.0 Å². The highest BCUT2D eigenvalue weighted by Crippen LogP contribution is 2.31. The van der Waals surface area contributed by atoms with Crippen LogP contribution >= 0.6 is 0 Å². The third kappa shape index (κ3) is 5.86. The molecule has 0 atom stereocenters. The van der Waals surface area contributed by atoms with Gasteiger partial charge in [-0.2, -0.15) is 18.3 Å². The summed E-state index contributed by atoms with van der Waals surface area (Å²) in [6.45, 7) is 6.45. The summed E-state index contributed by atoms with van der Waals surface area (Å²) in [5, 5.41) is 20.5. The van der Waals surface area contributed by atoms with Crippen molar-refractivity contribution in [2.75, 3.05) is 26.2 Å². The zero-order chi connectivity index (χ0) is 27.3. The molecule has 1 aliphatic heterocycles. The maximum absolute atomic E-state index is 13.6. The molecule has 0 spiro atoms. The smallest absolute Gasteiger partial charge is 0.416 e. The molecule has 38 heavy (non-hydrogen) atoms. The number of phenolic OH excluding ortho intramolecular Hbond substituents is 1. The lowest BCUT2D eigenvalue weighted by Gasteiger charge is -2.27. The Hall–Kier alpha value is -4.18. The second kappa shape index (κ2) is 11.5. The summed E-state index contributed by atoms with van der Waals surface area (Å²) < 4.78 is 39.3. The van der Waals surface area contributed by atoms with E-state index in [0.29, 0.717) is 65.3 Å². The number of aromatic amines is 1. The van der Waals surface area contributed by atoms with Gasteiger partial charge in [-0.15, -0.1) is 0 Å². The molecule has 5 rings (SSSR count). The molecular formula is C28H28F3N5O2. The quantitative estimate of drug-likeness (QED) is 0.324. The van der Waals surface area contributed by atoms with Crippen LogP contribution in [-0.4, -0.2) is 57.3 Å². The van der Waals surface area contributed by atoms with E-state index in [1.54, 1.807) is 35.2 Å². The minimum atomic E-state index is -4.44. The highest BCUT2D eigenvalue weighted by atomic mass is 19.4. The first-order valence-electron chi connectivity index (χ1n) is 12.3. The number of nitrogens with zero attached hydrogens (tertiary/aromatic N) is 3. The van der Waals surface area contributed by atoms with Crippen LogP contribution in [0.5, 0.6) is 5.75 Å². The maximum atomic E-state index is 13.6. The molecule has 1 saturated heterocycles. The van der Waals surface area contributed by atoms with Gasteiger partial charge in [0.15, 0.2) is 5.65 Å². The highest BCUT2D eigenvalue weighted by molar-refractivity contribution is 6.09. The molecule has 0 bridgehead atoms. The van der Waals surface area contributed by atoms with E-state index in [1.165, 1.54) is 24.3 Å². The first-order valence-corrected chi connectivity index (χ1v) is 12.3. The monoisotopic (exact) mass is 523 g/mol. The molecule has 4 aromatic rings. The molecule has 3 N–H and O–H groups in total. The number of piperazine rings is 1. The van der Waals surface area contributed by atoms with E-state index in [9.17, 15) is 23.1 Å². The van der Waals surface area contributed by atoms with E-state index in [4.69, 9.17) is 0 Å². The lowest BCUT2D eigenvalue weighted by Crippen LogP contribution is -2.46. The number of aromatic hydroxyl groups is 1. The second-order valence-corrected chi connectivity index (χ2v) is 8.44. The largest absolute Gasteiger partial charge is 0.508 e. The zero-order valence-electron chi connectivity index (χ0n) is 21.0. The van der Waals surface area contributed by atoms with Crippen molar-refractivity contribution in [1.29, 1.82) is 0 Å². The molecule has 0 radical (unpaired) electrons. The Kier molecular flexibility index (Phi) is 8.11. The van der Waals surface area contributed by atoms with Crippen molar-refractivity contribution >= 4 is 29.1 Å². The Morgan fingerprint density at radius 3 is 2.42 bits per heavy atom. The summed E-state index contributed by atoms with van der Waals surface area (Å²) >= 11 is 0. The van der Waals surface area contributed by atoms with Crippen LogP contribution in [-0.2, 0) is 6.18 Å². The van der Waals surface area contributed by atoms with Crippen LogP contribution < -0.4 is 5.32 Å². The molecule has 7 nitrogen and oxygen atoms in total. The van der Waals surface area contributed by atoms with Gasteiger partial charge in [-0.1, -0.05) is 32.1 Å². The number of hydrogen-bond acceptors (Lipinski definition) is 5. The fourth-order valence-corrected chi connectivity index (χ4v) is 4.15. The Balaban J connectivity index is 0.00000164. The number of nitrogens with one attached hydrogen (secondary N) is 2. The number of carbonyl (C=O) groups is 1. The molecule has 1 fully saturated rings. The van der Waals surface area contributed by atoms with Crippen molar-refractivity contribution in [3.05, 3.63) is 77.0 Å². The minimum absolute atomic E-state index is 0.110. The Morgan fingerprint density at radius 1 is 1.03 bits per heavy atom. The Labute approximate surface area is 218 Å². The van der Waals surface area contributed by atoms with Crippen molar-refractivity contribution < 1.29 is 23.1 Å². The molecule has 10 heteroatoms. The van der Waals surface area contributed by atoms with Gasteiger partial charge in [-0.05, 0) is 54.1 Å². The summed E-state index contributed by atoms with van der Waals surface area (Å²) in [5.74, 6) is -0.0715. The van der Waals surface area contributed by atoms with E-state index in [-0.39, 0.29) is 11.7 Å². The zero-order valence-corrected chi connectivity index (χ0v) is 21.0. The van der Waals surface area contributed by atoms with E-state index < -0.39 is 11.7 Å². The Morgan fingerprint density at radius 2 is 1.74 bits per heavy atom. The molecule has 0 unspecified atom stereocenters. The summed E-state index contributed by atoms with van der Waals surface area (Å²) in [5.41, 5.74) is 2.00. The van der Waals surface area contributed by atoms with Crippen LogP contribution in [0.25, 0.3) is 34.4 Å². The second-order valence-electron chi connectivity index (χ2n) is 8.44. The number of amides is 1. The van der Waals surface area contributed by atoms with Crippen molar-refractivity contribution in [3.63, 3.8) is 0 Å². The van der Waals surface area contributed by atoms with Crippen LogP contribution in [0, 0.1) is 0 Å². The van der Waals surface area contributed by atoms with Crippen molar-refractivity contribution in [1.82, 2.24) is 25.4 Å². The number of phenols is 1. The third-order valence-electron chi connectivity index (χ3n) is 6.01. The van der Waals surface area contributed by atoms with E-state index in [1.807, 2.05) is 13.8 Å². The minimum Gasteiger partial charge on any atom is -0.508 e. The first kappa shape index (κ1) is 26.9. The number of aromatic nitrogens is 3. The van der Waals surface area contributed by atoms with Crippen LogP contribution in [0.3, 0.4) is 0 Å². The molecule has 3 heterocycles. The summed E-state index contributed by atoms with van der Waals surface area (Å²) in [6, 6.07) is 13.1. The standard InChI is InChI=1S/C26H22F3N5O2.C2H6/c27-26(28,29)18-3-1-2-16(14-18)4-9-21-23-20(25(36)34-12-10-30-11-13-34)15-22(31-24(23)33-32-21)17-5-7-19(35)8-6-17;1-2/h1-9,14-15,30,35H,10-13H2,(H,31,32,33);1-2H3/b9-4+;. The number of fused-ring (bicyclic) bond motifs is 1. The van der Waals surface area contributed by atoms with E-state index in [2.05, 4.69) is 20.5 Å². The van der Waals surface area contributed by atoms with E-state index in [0.717, 1.165) is 12.1 Å². The van der Waals surface area contributed by atoms with Gasteiger partial charge in [-0.3, -0.25) is 9.89 Å². The SMILES string of the molecule is CC.O=C(c1cc(-c2ccc(O)cc2)nc2n[nH]c(/C=C/c3cccc(C(F)(F)F)c3)c12)N1CCNCC1. The van der Waals surface area contributed by atoms with Gasteiger partial charge in [-0.25, -0.2) is 4.98 Å². The lowest BCUT2D eigenvalue weighted by molar-refractivity contribution is -0.137. The van der Waals surface area contributed by atoms with Crippen LogP contribution in [0.15, 0.2) is 54.6 Å². The van der Waals surface area contributed by atoms with Gasteiger partial charge >= 0.3 is 6.18 Å². The predicted molar refractivity (Wildman–Crippen MR) is 141 cm³/mol. The van der Waals surface area contributed by atoms with Crippen LogP contribution in [0.4, 0.5) is 13.2 Å². The number of pyridine rings is 1. The number of halogens is 3. The van der Waals surface area contributed by atoms with Gasteiger partial charge < -0.3 is 15.3 Å². The number of benzene rings is 2. The normalized spacial score (nSPS) is 14.0. The van der Waals surface area contributed by atoms with Gasteiger partial charge in [0.05, 0.1) is 27.9 Å². The predicted octanol–water partition coefficient (Wildman–Crippen LogP) is 5.59. The average Bonchev–Trinajstić information content (AvgIpc) is 3.36. The summed E-state index contributed by atoms with van der Waals surface area (Å²) in [7, 11) is 0. The number of carbonyl (C=O) groups excluding carboxylic acids is 1.